The molecule has 2 rings (SSSR count). The Morgan fingerprint density at radius 1 is 1.32 bits per heavy atom. The third kappa shape index (κ3) is 4.79. The minimum Gasteiger partial charge on any atom is -0.491 e. The summed E-state index contributed by atoms with van der Waals surface area (Å²) in [4.78, 5) is 14.0. The first-order valence-corrected chi connectivity index (χ1v) is 8.05. The van der Waals surface area contributed by atoms with Crippen LogP contribution in [0.15, 0.2) is 24.3 Å². The Morgan fingerprint density at radius 2 is 2.05 bits per heavy atom. The van der Waals surface area contributed by atoms with Crippen LogP contribution in [0.1, 0.15) is 38.7 Å². The summed E-state index contributed by atoms with van der Waals surface area (Å²) in [5, 5.41) is 0. The summed E-state index contributed by atoms with van der Waals surface area (Å²) in [5.74, 6) is 1.24. The van der Waals surface area contributed by atoms with E-state index < -0.39 is 0 Å². The van der Waals surface area contributed by atoms with Gasteiger partial charge in [0.05, 0.1) is 12.3 Å². The van der Waals surface area contributed by atoms with E-state index in [4.69, 9.17) is 10.5 Å². The highest BCUT2D eigenvalue weighted by atomic mass is 16.5. The van der Waals surface area contributed by atoms with Gasteiger partial charge in [0.2, 0.25) is 5.91 Å². The highest BCUT2D eigenvalue weighted by Gasteiger charge is 2.13. The lowest BCUT2D eigenvalue weighted by Gasteiger charge is -2.25. The van der Waals surface area contributed by atoms with E-state index in [-0.39, 0.29) is 5.91 Å². The number of hydrogen-bond donors (Lipinski definition) is 1. The van der Waals surface area contributed by atoms with Crippen LogP contribution < -0.4 is 10.5 Å². The first kappa shape index (κ1) is 16.4. The van der Waals surface area contributed by atoms with Crippen LogP contribution in [0.2, 0.25) is 0 Å². The van der Waals surface area contributed by atoms with Gasteiger partial charge in [-0.3, -0.25) is 4.79 Å². The van der Waals surface area contributed by atoms with E-state index in [1.165, 1.54) is 6.42 Å². The van der Waals surface area contributed by atoms with Crippen LogP contribution in [0, 0.1) is 5.92 Å². The maximum Gasteiger partial charge on any atom is 0.246 e. The molecule has 0 radical (unpaired) electrons. The zero-order valence-corrected chi connectivity index (χ0v) is 13.5. The predicted octanol–water partition coefficient (Wildman–Crippen LogP) is 3.33. The molecule has 4 nitrogen and oxygen atoms in total. The third-order valence-electron chi connectivity index (χ3n) is 3.69. The highest BCUT2D eigenvalue weighted by molar-refractivity contribution is 5.92. The second kappa shape index (κ2) is 7.87. The highest BCUT2D eigenvalue weighted by Crippen LogP contribution is 2.23. The molecule has 0 aromatic heterocycles. The lowest BCUT2D eigenvalue weighted by atomic mass is 10.1. The molecule has 22 heavy (non-hydrogen) atoms. The molecule has 1 aromatic carbocycles. The molecule has 1 aliphatic rings. The van der Waals surface area contributed by atoms with E-state index in [9.17, 15) is 4.79 Å². The molecule has 0 spiro atoms. The van der Waals surface area contributed by atoms with E-state index in [1.807, 2.05) is 29.2 Å². The first-order chi connectivity index (χ1) is 10.6. The maximum absolute atomic E-state index is 12.1. The summed E-state index contributed by atoms with van der Waals surface area (Å²) in [6, 6.07) is 5.63. The van der Waals surface area contributed by atoms with E-state index >= 15 is 0 Å². The van der Waals surface area contributed by atoms with Gasteiger partial charge in [-0.15, -0.1) is 0 Å². The van der Waals surface area contributed by atoms with Crippen LogP contribution in [0.4, 0.5) is 5.69 Å². The largest absolute Gasteiger partial charge is 0.491 e. The van der Waals surface area contributed by atoms with Crippen LogP contribution >= 0.6 is 0 Å². The second-order valence-electron chi connectivity index (χ2n) is 6.22. The molecule has 120 valence electrons. The van der Waals surface area contributed by atoms with Gasteiger partial charge in [-0.05, 0) is 49.0 Å². The number of nitrogen functional groups attached to an aromatic ring is 1. The molecule has 0 unspecified atom stereocenters. The predicted molar refractivity (Wildman–Crippen MR) is 90.7 cm³/mol. The summed E-state index contributed by atoms with van der Waals surface area (Å²) < 4.78 is 5.65. The van der Waals surface area contributed by atoms with Crippen molar-refractivity contribution in [2.75, 3.05) is 25.4 Å². The molecule has 0 aliphatic carbocycles. The van der Waals surface area contributed by atoms with E-state index in [0.717, 1.165) is 31.5 Å². The van der Waals surface area contributed by atoms with Gasteiger partial charge in [0.1, 0.15) is 5.75 Å². The van der Waals surface area contributed by atoms with E-state index in [2.05, 4.69) is 13.8 Å². The van der Waals surface area contributed by atoms with Gasteiger partial charge in [-0.25, -0.2) is 0 Å². The number of carbonyl (C=O) groups excluding carboxylic acids is 1. The topological polar surface area (TPSA) is 55.6 Å². The van der Waals surface area contributed by atoms with Crippen molar-refractivity contribution in [3.05, 3.63) is 29.8 Å². The number of likely N-dealkylation sites (tertiary alicyclic amines) is 1. The Kier molecular flexibility index (Phi) is 5.87. The lowest BCUT2D eigenvalue weighted by molar-refractivity contribution is -0.126. The fourth-order valence-electron chi connectivity index (χ4n) is 2.45. The number of nitrogens with zero attached hydrogens (tertiary/aromatic N) is 1. The van der Waals surface area contributed by atoms with Gasteiger partial charge in [-0.1, -0.05) is 19.9 Å². The number of anilines is 1. The summed E-state index contributed by atoms with van der Waals surface area (Å²) in [6.07, 6.45) is 6.89. The molecular formula is C18H26N2O2. The van der Waals surface area contributed by atoms with Crippen LogP contribution in [0.25, 0.3) is 6.08 Å². The van der Waals surface area contributed by atoms with Crippen molar-refractivity contribution in [2.45, 2.75) is 33.1 Å². The molecule has 4 heteroatoms. The number of piperidine rings is 1. The fourth-order valence-corrected chi connectivity index (χ4v) is 2.45. The molecule has 1 fully saturated rings. The average molecular weight is 302 g/mol. The molecular weight excluding hydrogens is 276 g/mol. The zero-order valence-electron chi connectivity index (χ0n) is 13.5. The number of benzene rings is 1. The van der Waals surface area contributed by atoms with Crippen molar-refractivity contribution in [1.29, 1.82) is 0 Å². The first-order valence-electron chi connectivity index (χ1n) is 8.05. The SMILES string of the molecule is CC(C)COc1ccc(/C=C\C(=O)N2CCCCC2)cc1N. The van der Waals surface area contributed by atoms with Crippen LogP contribution in [0.3, 0.4) is 0 Å². The van der Waals surface area contributed by atoms with Crippen molar-refractivity contribution in [1.82, 2.24) is 4.90 Å². The number of carbonyl (C=O) groups is 1. The van der Waals surface area contributed by atoms with Crippen molar-refractivity contribution < 1.29 is 9.53 Å². The Hall–Kier alpha value is -1.97. The quantitative estimate of drug-likeness (QED) is 0.670. The molecule has 1 aromatic rings. The number of amides is 1. The average Bonchev–Trinajstić information content (AvgIpc) is 2.52. The molecule has 2 N–H and O–H groups in total. The summed E-state index contributed by atoms with van der Waals surface area (Å²) >= 11 is 0. The smallest absolute Gasteiger partial charge is 0.246 e. The number of hydrogen-bond acceptors (Lipinski definition) is 3. The molecule has 0 bridgehead atoms. The Labute approximate surface area is 132 Å². The van der Waals surface area contributed by atoms with Crippen LogP contribution in [0.5, 0.6) is 5.75 Å². The van der Waals surface area contributed by atoms with Gasteiger partial charge in [0.25, 0.3) is 0 Å². The number of nitrogens with two attached hydrogens (primary N) is 1. The van der Waals surface area contributed by atoms with Gasteiger partial charge >= 0.3 is 0 Å². The van der Waals surface area contributed by atoms with Gasteiger partial charge in [0.15, 0.2) is 0 Å². The van der Waals surface area contributed by atoms with E-state index in [1.54, 1.807) is 6.08 Å². The van der Waals surface area contributed by atoms with Crippen molar-refractivity contribution in [3.63, 3.8) is 0 Å². The Balaban J connectivity index is 1.96. The molecule has 0 saturated carbocycles. The van der Waals surface area contributed by atoms with Gasteiger partial charge in [-0.2, -0.15) is 0 Å². The number of ether oxygens (including phenoxy) is 1. The van der Waals surface area contributed by atoms with Crippen molar-refractivity contribution in [2.24, 2.45) is 5.92 Å². The van der Waals surface area contributed by atoms with Gasteiger partial charge in [0, 0.05) is 19.2 Å². The zero-order chi connectivity index (χ0) is 15.9. The molecule has 1 heterocycles. The fraction of sp³-hybridized carbons (Fsp3) is 0.500. The number of rotatable bonds is 5. The molecule has 0 atom stereocenters. The minimum absolute atomic E-state index is 0.0819. The minimum atomic E-state index is 0.0819. The third-order valence-corrected chi connectivity index (χ3v) is 3.69. The van der Waals surface area contributed by atoms with Crippen molar-refractivity contribution in [3.8, 4) is 5.75 Å². The lowest BCUT2D eigenvalue weighted by Crippen LogP contribution is -2.34. The second-order valence-corrected chi connectivity index (χ2v) is 6.22. The Morgan fingerprint density at radius 3 is 2.68 bits per heavy atom. The van der Waals surface area contributed by atoms with Gasteiger partial charge < -0.3 is 15.4 Å². The monoisotopic (exact) mass is 302 g/mol. The van der Waals surface area contributed by atoms with Crippen molar-refractivity contribution >= 4 is 17.7 Å². The maximum atomic E-state index is 12.1. The van der Waals surface area contributed by atoms with E-state index in [0.29, 0.717) is 24.0 Å². The summed E-state index contributed by atoms with van der Waals surface area (Å²) in [7, 11) is 0. The summed E-state index contributed by atoms with van der Waals surface area (Å²) in [5.41, 5.74) is 7.52. The molecule has 1 amide bonds. The Bertz CT molecular complexity index is 532. The standard InChI is InChI=1S/C18H26N2O2/c1-14(2)13-22-17-8-6-15(12-16(17)19)7-9-18(21)20-10-4-3-5-11-20/h6-9,12,14H,3-5,10-11,13,19H2,1-2H3/b9-7-. The summed E-state index contributed by atoms with van der Waals surface area (Å²) in [6.45, 7) is 6.58. The molecule has 1 saturated heterocycles. The molecule has 1 aliphatic heterocycles. The van der Waals surface area contributed by atoms with Crippen LogP contribution in [-0.4, -0.2) is 30.5 Å². The van der Waals surface area contributed by atoms with Crippen LogP contribution in [-0.2, 0) is 4.79 Å². The normalized spacial score (nSPS) is 15.5.